The van der Waals surface area contributed by atoms with Crippen molar-refractivity contribution < 1.29 is 19.7 Å². The largest absolute Gasteiger partial charge is 0.497 e. The Bertz CT molecular complexity index is 1390. The monoisotopic (exact) mass is 605 g/mol. The Labute approximate surface area is 259 Å². The fourth-order valence-corrected chi connectivity index (χ4v) is 6.96. The zero-order valence-corrected chi connectivity index (χ0v) is 26.0. The summed E-state index contributed by atoms with van der Waals surface area (Å²) in [7, 11) is 3.23. The van der Waals surface area contributed by atoms with E-state index < -0.39 is 23.1 Å². The van der Waals surface area contributed by atoms with E-state index in [2.05, 4.69) is 10.6 Å². The highest BCUT2D eigenvalue weighted by Gasteiger charge is 2.35. The van der Waals surface area contributed by atoms with Crippen molar-refractivity contribution in [2.75, 3.05) is 44.1 Å². The molecule has 0 spiro atoms. The first-order valence-electron chi connectivity index (χ1n) is 16.1. The lowest BCUT2D eigenvalue weighted by atomic mass is 9.83. The number of ether oxygens (including phenoxy) is 2. The highest BCUT2D eigenvalue weighted by molar-refractivity contribution is 5.75. The molecule has 0 aromatic heterocycles. The van der Waals surface area contributed by atoms with Gasteiger partial charge in [-0.15, -0.1) is 0 Å². The van der Waals surface area contributed by atoms with E-state index in [9.17, 15) is 19.8 Å². The van der Waals surface area contributed by atoms with Crippen LogP contribution < -0.4 is 35.9 Å². The summed E-state index contributed by atoms with van der Waals surface area (Å²) in [5, 5.41) is 29.2. The Morgan fingerprint density at radius 3 is 2.30 bits per heavy atom. The smallest absolute Gasteiger partial charge is 0.253 e. The average molecular weight is 606 g/mol. The minimum atomic E-state index is -0.782. The number of methoxy groups -OCH3 is 2. The Hall–Kier alpha value is -3.40. The number of piperidine rings is 1. The van der Waals surface area contributed by atoms with Crippen LogP contribution >= 0.6 is 0 Å². The van der Waals surface area contributed by atoms with Gasteiger partial charge in [-0.25, -0.2) is 0 Å². The van der Waals surface area contributed by atoms with Crippen molar-refractivity contribution in [2.24, 2.45) is 11.8 Å². The van der Waals surface area contributed by atoms with E-state index in [1.807, 2.05) is 53.4 Å². The van der Waals surface area contributed by atoms with Crippen LogP contribution in [0.1, 0.15) is 68.6 Å². The van der Waals surface area contributed by atoms with E-state index in [1.54, 1.807) is 14.2 Å². The molecular formula is C35H47N3O6. The molecule has 1 saturated carbocycles. The van der Waals surface area contributed by atoms with Gasteiger partial charge in [0.15, 0.2) is 0 Å². The zero-order chi connectivity index (χ0) is 31.1. The maximum absolute atomic E-state index is 13.0. The summed E-state index contributed by atoms with van der Waals surface area (Å²) in [5.74, 6) is 1.80. The van der Waals surface area contributed by atoms with Crippen LogP contribution in [0, 0.1) is 11.8 Å². The summed E-state index contributed by atoms with van der Waals surface area (Å²) in [6.07, 6.45) is 6.76. The molecule has 0 amide bonds. The van der Waals surface area contributed by atoms with E-state index in [-0.39, 0.29) is 12.0 Å². The van der Waals surface area contributed by atoms with E-state index in [0.29, 0.717) is 55.0 Å². The van der Waals surface area contributed by atoms with Gasteiger partial charge in [0.1, 0.15) is 22.9 Å². The van der Waals surface area contributed by atoms with E-state index in [0.717, 1.165) is 43.2 Å². The molecule has 3 aromatic rings. The minimum Gasteiger partial charge on any atom is -0.497 e. The Kier molecular flexibility index (Phi) is 11.0. The van der Waals surface area contributed by atoms with Gasteiger partial charge in [-0.2, -0.15) is 0 Å². The molecule has 1 aliphatic heterocycles. The third-order valence-corrected chi connectivity index (χ3v) is 9.45. The highest BCUT2D eigenvalue weighted by atomic mass is 16.5. The number of nitrogens with one attached hydrogen (secondary N) is 2. The number of hydrogen-bond acceptors (Lipinski definition) is 9. The molecule has 0 bridgehead atoms. The van der Waals surface area contributed by atoms with Crippen LogP contribution in [0.4, 0.5) is 11.4 Å². The second kappa shape index (κ2) is 15.1. The van der Waals surface area contributed by atoms with Crippen LogP contribution in [0.25, 0.3) is 0 Å². The van der Waals surface area contributed by atoms with Gasteiger partial charge in [0.05, 0.1) is 32.5 Å². The summed E-state index contributed by atoms with van der Waals surface area (Å²) in [5.41, 5.74) is 1.52. The third kappa shape index (κ3) is 7.62. The quantitative estimate of drug-likeness (QED) is 0.201. The third-order valence-electron chi connectivity index (χ3n) is 9.45. The van der Waals surface area contributed by atoms with Crippen molar-refractivity contribution in [1.82, 2.24) is 5.32 Å². The topological polar surface area (TPSA) is 120 Å². The molecule has 238 valence electrons. The predicted molar refractivity (Wildman–Crippen MR) is 174 cm³/mol. The summed E-state index contributed by atoms with van der Waals surface area (Å²) < 4.78 is 10.8. The Balaban J connectivity index is 1.28. The first-order valence-corrected chi connectivity index (χ1v) is 16.1. The molecule has 0 radical (unpaired) electrons. The van der Waals surface area contributed by atoms with Crippen LogP contribution in [0.15, 0.2) is 58.1 Å². The lowest BCUT2D eigenvalue weighted by Gasteiger charge is -2.38. The first kappa shape index (κ1) is 32.0. The van der Waals surface area contributed by atoms with Crippen LogP contribution in [0.2, 0.25) is 0 Å². The number of nitrogens with zero attached hydrogens (tertiary/aromatic N) is 1. The van der Waals surface area contributed by atoms with Crippen molar-refractivity contribution in [3.63, 3.8) is 0 Å². The van der Waals surface area contributed by atoms with E-state index in [1.165, 1.54) is 19.3 Å². The van der Waals surface area contributed by atoms with Crippen molar-refractivity contribution in [1.29, 1.82) is 0 Å². The number of hydrogen-bond donors (Lipinski definition) is 4. The second-order valence-corrected chi connectivity index (χ2v) is 12.5. The van der Waals surface area contributed by atoms with Crippen molar-refractivity contribution in [3.8, 4) is 11.5 Å². The molecule has 44 heavy (non-hydrogen) atoms. The lowest BCUT2D eigenvalue weighted by Crippen LogP contribution is -2.50. The zero-order valence-electron chi connectivity index (χ0n) is 26.0. The first-order chi connectivity index (χ1) is 21.4. The van der Waals surface area contributed by atoms with Crippen LogP contribution in [0.5, 0.6) is 11.5 Å². The molecule has 1 heterocycles. The molecular weight excluding hydrogens is 558 g/mol. The van der Waals surface area contributed by atoms with Gasteiger partial charge in [0, 0.05) is 38.2 Å². The molecule has 2 aliphatic rings. The van der Waals surface area contributed by atoms with Crippen molar-refractivity contribution in [3.05, 3.63) is 80.1 Å². The van der Waals surface area contributed by atoms with Crippen molar-refractivity contribution in [2.45, 2.75) is 76.2 Å². The summed E-state index contributed by atoms with van der Waals surface area (Å²) in [4.78, 5) is 27.9. The van der Waals surface area contributed by atoms with Crippen LogP contribution in [0.3, 0.4) is 0 Å². The van der Waals surface area contributed by atoms with E-state index >= 15 is 0 Å². The van der Waals surface area contributed by atoms with Gasteiger partial charge in [-0.05, 0) is 48.4 Å². The number of aliphatic hydroxyl groups is 2. The molecule has 1 saturated heterocycles. The molecule has 4 N–H and O–H groups in total. The minimum absolute atomic E-state index is 0.0496. The van der Waals surface area contributed by atoms with Gasteiger partial charge < -0.3 is 35.2 Å². The van der Waals surface area contributed by atoms with Crippen LogP contribution in [-0.2, 0) is 6.54 Å². The van der Waals surface area contributed by atoms with Gasteiger partial charge in [-0.1, -0.05) is 62.4 Å². The molecule has 1 aliphatic carbocycles. The average Bonchev–Trinajstić information content (AvgIpc) is 3.07. The Morgan fingerprint density at radius 1 is 0.909 bits per heavy atom. The molecule has 5 rings (SSSR count). The highest BCUT2D eigenvalue weighted by Crippen LogP contribution is 2.34. The van der Waals surface area contributed by atoms with Gasteiger partial charge in [0.25, 0.3) is 10.9 Å². The maximum atomic E-state index is 13.0. The standard InChI is InChI=1S/C35H47N3O6/c1-43-27-16-24(17-28(19-27)44-2)20-36-21-30(39)29(18-23-10-5-3-6-11-23)37-31-32(35(42)34(31)41)38-15-9-14-26(22-38)33(40)25-12-7-4-8-13-25/h4,7-8,12-13,16-17,19,23,26,29-30,33,36-37,39-40H,3,5-6,9-11,14-15,18,20-22H2,1-2H3/t26?,29-,30-,33?/m0/s1. The van der Waals surface area contributed by atoms with Crippen molar-refractivity contribution >= 4 is 11.4 Å². The van der Waals surface area contributed by atoms with Crippen LogP contribution in [-0.4, -0.2) is 56.2 Å². The maximum Gasteiger partial charge on any atom is 0.253 e. The summed E-state index contributed by atoms with van der Waals surface area (Å²) in [6.45, 7) is 1.96. The summed E-state index contributed by atoms with van der Waals surface area (Å²) >= 11 is 0. The van der Waals surface area contributed by atoms with Gasteiger partial charge in [0.2, 0.25) is 0 Å². The molecule has 4 atom stereocenters. The molecule has 9 nitrogen and oxygen atoms in total. The molecule has 9 heteroatoms. The number of anilines is 2. The lowest BCUT2D eigenvalue weighted by molar-refractivity contribution is 0.0981. The fourth-order valence-electron chi connectivity index (χ4n) is 6.96. The molecule has 2 unspecified atom stereocenters. The predicted octanol–water partition coefficient (Wildman–Crippen LogP) is 4.15. The second-order valence-electron chi connectivity index (χ2n) is 12.5. The number of rotatable bonds is 14. The normalized spacial score (nSPS) is 19.8. The molecule has 2 fully saturated rings. The SMILES string of the molecule is COc1cc(CNC[C@H](O)[C@H](CC2CCCCC2)Nc2c(N3CCCC(C(O)c4ccccc4)C3)c(=O)c2=O)cc(OC)c1. The van der Waals surface area contributed by atoms with E-state index in [4.69, 9.17) is 9.47 Å². The van der Waals surface area contributed by atoms with Gasteiger partial charge in [-0.3, -0.25) is 9.59 Å². The number of benzene rings is 2. The fraction of sp³-hybridized carbons (Fsp3) is 0.543. The Morgan fingerprint density at radius 2 is 1.61 bits per heavy atom. The summed E-state index contributed by atoms with van der Waals surface area (Å²) in [6, 6.07) is 14.9. The number of aliphatic hydroxyl groups excluding tert-OH is 2. The van der Waals surface area contributed by atoms with Gasteiger partial charge >= 0.3 is 0 Å². The molecule has 3 aromatic carbocycles.